The summed E-state index contributed by atoms with van der Waals surface area (Å²) in [5.41, 5.74) is 5.58. The number of benzene rings is 1. The molecule has 1 aliphatic rings. The molecule has 1 aromatic rings. The number of sulfonamides is 1. The van der Waals surface area contributed by atoms with Gasteiger partial charge in [0.1, 0.15) is 13.2 Å². The first-order chi connectivity index (χ1) is 8.99. The third kappa shape index (κ3) is 4.24. The second-order valence-electron chi connectivity index (χ2n) is 4.47. The number of hydrogen-bond acceptors (Lipinski definition) is 5. The zero-order valence-electron chi connectivity index (χ0n) is 11.2. The van der Waals surface area contributed by atoms with Gasteiger partial charge in [-0.3, -0.25) is 0 Å². The van der Waals surface area contributed by atoms with E-state index in [-0.39, 0.29) is 23.3 Å². The minimum Gasteiger partial charge on any atom is -0.486 e. The summed E-state index contributed by atoms with van der Waals surface area (Å²) in [7, 11) is -3.53. The van der Waals surface area contributed by atoms with E-state index < -0.39 is 10.0 Å². The molecule has 0 radical (unpaired) electrons. The van der Waals surface area contributed by atoms with Crippen molar-refractivity contribution in [2.24, 2.45) is 5.73 Å². The SMILES string of the molecule is CC(N)CCNS(=O)(=O)c1ccc2c(c1)OCCO2.Cl. The number of halogens is 1. The van der Waals surface area contributed by atoms with Gasteiger partial charge in [-0.05, 0) is 25.5 Å². The Morgan fingerprint density at radius 3 is 2.60 bits per heavy atom. The molecule has 0 aliphatic carbocycles. The lowest BCUT2D eigenvalue weighted by Crippen LogP contribution is -2.29. The molecule has 0 spiro atoms. The van der Waals surface area contributed by atoms with Gasteiger partial charge in [0.05, 0.1) is 4.90 Å². The Hall–Kier alpha value is -1.02. The van der Waals surface area contributed by atoms with Crippen LogP contribution in [-0.2, 0) is 10.0 Å². The lowest BCUT2D eigenvalue weighted by atomic mass is 10.3. The van der Waals surface area contributed by atoms with Crippen molar-refractivity contribution in [1.82, 2.24) is 4.72 Å². The van der Waals surface area contributed by atoms with Crippen molar-refractivity contribution in [3.05, 3.63) is 18.2 Å². The van der Waals surface area contributed by atoms with Gasteiger partial charge in [-0.1, -0.05) is 0 Å². The first-order valence-corrected chi connectivity index (χ1v) is 7.62. The van der Waals surface area contributed by atoms with Crippen LogP contribution in [-0.4, -0.2) is 34.2 Å². The lowest BCUT2D eigenvalue weighted by Gasteiger charge is -2.19. The first kappa shape index (κ1) is 17.0. The minimum absolute atomic E-state index is 0. The third-order valence-electron chi connectivity index (χ3n) is 2.72. The summed E-state index contributed by atoms with van der Waals surface area (Å²) in [6, 6.07) is 4.54. The zero-order chi connectivity index (χ0) is 13.9. The molecule has 0 bridgehead atoms. The molecule has 1 aromatic carbocycles. The predicted molar refractivity (Wildman–Crippen MR) is 78.1 cm³/mol. The molecule has 2 rings (SSSR count). The van der Waals surface area contributed by atoms with Crippen molar-refractivity contribution < 1.29 is 17.9 Å². The van der Waals surface area contributed by atoms with E-state index in [1.807, 2.05) is 6.92 Å². The van der Waals surface area contributed by atoms with E-state index in [1.165, 1.54) is 12.1 Å². The Bertz CT molecular complexity index is 548. The number of nitrogens with two attached hydrogens (primary N) is 1. The maximum atomic E-state index is 12.1. The van der Waals surface area contributed by atoms with E-state index in [0.29, 0.717) is 37.7 Å². The van der Waals surface area contributed by atoms with Gasteiger partial charge in [0.2, 0.25) is 10.0 Å². The highest BCUT2D eigenvalue weighted by atomic mass is 35.5. The van der Waals surface area contributed by atoms with Crippen molar-refractivity contribution in [2.75, 3.05) is 19.8 Å². The van der Waals surface area contributed by atoms with E-state index in [4.69, 9.17) is 15.2 Å². The van der Waals surface area contributed by atoms with Crippen molar-refractivity contribution >= 4 is 22.4 Å². The highest BCUT2D eigenvalue weighted by Gasteiger charge is 2.18. The van der Waals surface area contributed by atoms with Crippen LogP contribution in [0, 0.1) is 0 Å². The Kier molecular flexibility index (Phi) is 6.07. The molecule has 8 heteroatoms. The van der Waals surface area contributed by atoms with Crippen molar-refractivity contribution in [3.8, 4) is 11.5 Å². The molecule has 0 saturated heterocycles. The molecule has 3 N–H and O–H groups in total. The molecule has 6 nitrogen and oxygen atoms in total. The summed E-state index contributed by atoms with van der Waals surface area (Å²) >= 11 is 0. The molecule has 114 valence electrons. The molecule has 20 heavy (non-hydrogen) atoms. The molecule has 1 aliphatic heterocycles. The predicted octanol–water partition coefficient (Wildman–Crippen LogP) is 0.895. The van der Waals surface area contributed by atoms with E-state index in [2.05, 4.69) is 4.72 Å². The number of fused-ring (bicyclic) bond motifs is 1. The molecular formula is C12H19ClN2O4S. The van der Waals surface area contributed by atoms with Crippen molar-refractivity contribution in [2.45, 2.75) is 24.3 Å². The monoisotopic (exact) mass is 322 g/mol. The van der Waals surface area contributed by atoms with Crippen LogP contribution < -0.4 is 19.9 Å². The van der Waals surface area contributed by atoms with Gasteiger partial charge in [-0.15, -0.1) is 12.4 Å². The van der Waals surface area contributed by atoms with E-state index >= 15 is 0 Å². The Balaban J connectivity index is 0.00000200. The normalized spacial score (nSPS) is 15.3. The van der Waals surface area contributed by atoms with Crippen LogP contribution in [0.3, 0.4) is 0 Å². The van der Waals surface area contributed by atoms with Gasteiger partial charge in [0, 0.05) is 18.7 Å². The summed E-state index contributed by atoms with van der Waals surface area (Å²) in [6.07, 6.45) is 0.587. The summed E-state index contributed by atoms with van der Waals surface area (Å²) < 4.78 is 37.3. The van der Waals surface area contributed by atoms with Gasteiger partial charge in [-0.2, -0.15) is 0 Å². The molecular weight excluding hydrogens is 304 g/mol. The lowest BCUT2D eigenvalue weighted by molar-refractivity contribution is 0.171. The quantitative estimate of drug-likeness (QED) is 0.840. The fourth-order valence-electron chi connectivity index (χ4n) is 1.70. The molecule has 1 unspecified atom stereocenters. The van der Waals surface area contributed by atoms with Crippen LogP contribution >= 0.6 is 12.4 Å². The Labute approximate surface area is 125 Å². The highest BCUT2D eigenvalue weighted by molar-refractivity contribution is 7.89. The maximum Gasteiger partial charge on any atom is 0.240 e. The van der Waals surface area contributed by atoms with Crippen LogP contribution in [0.15, 0.2) is 23.1 Å². The third-order valence-corrected chi connectivity index (χ3v) is 4.17. The van der Waals surface area contributed by atoms with E-state index in [1.54, 1.807) is 6.07 Å². The van der Waals surface area contributed by atoms with Gasteiger partial charge in [0.15, 0.2) is 11.5 Å². The number of hydrogen-bond donors (Lipinski definition) is 2. The topological polar surface area (TPSA) is 90.7 Å². The maximum absolute atomic E-state index is 12.1. The fourth-order valence-corrected chi connectivity index (χ4v) is 2.76. The summed E-state index contributed by atoms with van der Waals surface area (Å²) in [5, 5.41) is 0. The Morgan fingerprint density at radius 2 is 1.95 bits per heavy atom. The smallest absolute Gasteiger partial charge is 0.240 e. The number of ether oxygens (including phenoxy) is 2. The van der Waals surface area contributed by atoms with Gasteiger partial charge >= 0.3 is 0 Å². The number of rotatable bonds is 5. The summed E-state index contributed by atoms with van der Waals surface area (Å²) in [5.74, 6) is 1.03. The van der Waals surface area contributed by atoms with Crippen molar-refractivity contribution in [1.29, 1.82) is 0 Å². The van der Waals surface area contributed by atoms with Crippen LogP contribution in [0.25, 0.3) is 0 Å². The summed E-state index contributed by atoms with van der Waals surface area (Å²) in [4.78, 5) is 0.168. The average molecular weight is 323 g/mol. The molecule has 0 aromatic heterocycles. The standard InChI is InChI=1S/C12H18N2O4S.ClH/c1-9(13)4-5-14-19(15,16)10-2-3-11-12(8-10)18-7-6-17-11;/h2-3,8-9,14H,4-7,13H2,1H3;1H. The molecule has 1 atom stereocenters. The molecule has 0 amide bonds. The first-order valence-electron chi connectivity index (χ1n) is 6.14. The fraction of sp³-hybridized carbons (Fsp3) is 0.500. The van der Waals surface area contributed by atoms with Crippen LogP contribution in [0.2, 0.25) is 0 Å². The van der Waals surface area contributed by atoms with Crippen LogP contribution in [0.4, 0.5) is 0 Å². The second-order valence-corrected chi connectivity index (χ2v) is 6.24. The molecule has 0 saturated carbocycles. The van der Waals surface area contributed by atoms with Gasteiger partial charge in [0.25, 0.3) is 0 Å². The van der Waals surface area contributed by atoms with Crippen molar-refractivity contribution in [3.63, 3.8) is 0 Å². The average Bonchev–Trinajstić information content (AvgIpc) is 2.37. The van der Waals surface area contributed by atoms with E-state index in [0.717, 1.165) is 0 Å². The molecule has 1 heterocycles. The van der Waals surface area contributed by atoms with Gasteiger partial charge < -0.3 is 15.2 Å². The van der Waals surface area contributed by atoms with E-state index in [9.17, 15) is 8.42 Å². The second kappa shape index (κ2) is 7.12. The molecule has 0 fully saturated rings. The summed E-state index contributed by atoms with van der Waals surface area (Å²) in [6.45, 7) is 3.05. The number of nitrogens with one attached hydrogen (secondary N) is 1. The zero-order valence-corrected chi connectivity index (χ0v) is 12.8. The Morgan fingerprint density at radius 1 is 1.30 bits per heavy atom. The van der Waals surface area contributed by atoms with Crippen LogP contribution in [0.5, 0.6) is 11.5 Å². The minimum atomic E-state index is -3.53. The van der Waals surface area contributed by atoms with Gasteiger partial charge in [-0.25, -0.2) is 13.1 Å². The highest BCUT2D eigenvalue weighted by Crippen LogP contribution is 2.32. The van der Waals surface area contributed by atoms with Crippen LogP contribution in [0.1, 0.15) is 13.3 Å². The largest absolute Gasteiger partial charge is 0.486 e.